The van der Waals surface area contributed by atoms with Crippen LogP contribution in [0.3, 0.4) is 0 Å². The van der Waals surface area contributed by atoms with Gasteiger partial charge in [-0.15, -0.1) is 0 Å². The zero-order chi connectivity index (χ0) is 14.2. The van der Waals surface area contributed by atoms with Crippen molar-refractivity contribution in [2.45, 2.75) is 6.10 Å². The fourth-order valence-corrected chi connectivity index (χ4v) is 2.85. The Bertz CT molecular complexity index is 668. The van der Waals surface area contributed by atoms with Gasteiger partial charge >= 0.3 is 0 Å². The highest BCUT2D eigenvalue weighted by molar-refractivity contribution is 7.11. The normalized spacial score (nSPS) is 16.7. The molecule has 1 aromatic heterocycles. The van der Waals surface area contributed by atoms with E-state index in [1.54, 1.807) is 29.3 Å². The zero-order valence-corrected chi connectivity index (χ0v) is 11.8. The largest absolute Gasteiger partial charge is 0.463 e. The molecule has 21 heavy (non-hydrogen) atoms. The third kappa shape index (κ3) is 2.29. The molecule has 0 aliphatic carbocycles. The minimum Gasteiger partial charge on any atom is -0.463 e. The molecule has 4 rings (SSSR count). The number of nitrogens with zero attached hydrogens (tertiary/aromatic N) is 2. The molecule has 1 fully saturated rings. The molecule has 0 spiro atoms. The third-order valence-corrected chi connectivity index (χ3v) is 4.09. The summed E-state index contributed by atoms with van der Waals surface area (Å²) in [5.41, 5.74) is 0.604. The van der Waals surface area contributed by atoms with Gasteiger partial charge in [-0.25, -0.2) is 4.98 Å². The summed E-state index contributed by atoms with van der Waals surface area (Å²) in [6, 6.07) is 5.24. The molecule has 1 saturated heterocycles. The van der Waals surface area contributed by atoms with E-state index in [-0.39, 0.29) is 18.8 Å². The molecule has 0 N–H and O–H groups in total. The van der Waals surface area contributed by atoms with Gasteiger partial charge in [0, 0.05) is 17.1 Å². The van der Waals surface area contributed by atoms with Crippen LogP contribution in [0.4, 0.5) is 0 Å². The summed E-state index contributed by atoms with van der Waals surface area (Å²) in [5, 5.41) is 2.51. The van der Waals surface area contributed by atoms with E-state index in [1.165, 1.54) is 11.3 Å². The van der Waals surface area contributed by atoms with Crippen LogP contribution in [0.2, 0.25) is 0 Å². The molecule has 0 radical (unpaired) electrons. The summed E-state index contributed by atoms with van der Waals surface area (Å²) in [6.07, 6.45) is 1.72. The van der Waals surface area contributed by atoms with E-state index < -0.39 is 0 Å². The first-order valence-electron chi connectivity index (χ1n) is 6.55. The maximum absolute atomic E-state index is 12.3. The summed E-state index contributed by atoms with van der Waals surface area (Å²) in [6.45, 7) is 1.36. The van der Waals surface area contributed by atoms with Crippen molar-refractivity contribution in [3.05, 3.63) is 35.3 Å². The summed E-state index contributed by atoms with van der Waals surface area (Å²) in [4.78, 5) is 18.1. The van der Waals surface area contributed by atoms with Gasteiger partial charge in [0.1, 0.15) is 6.10 Å². The Labute approximate surface area is 124 Å². The van der Waals surface area contributed by atoms with Crippen molar-refractivity contribution < 1.29 is 19.0 Å². The first kappa shape index (κ1) is 12.5. The first-order valence-corrected chi connectivity index (χ1v) is 7.42. The number of amides is 1. The lowest BCUT2D eigenvalue weighted by atomic mass is 10.1. The summed E-state index contributed by atoms with van der Waals surface area (Å²) in [5.74, 6) is 1.28. The number of hydrogen-bond acceptors (Lipinski definition) is 6. The lowest BCUT2D eigenvalue weighted by Gasteiger charge is -2.38. The molecular weight excluding hydrogens is 292 g/mol. The number of ether oxygens (including phenoxy) is 3. The molecule has 3 heterocycles. The van der Waals surface area contributed by atoms with Crippen molar-refractivity contribution in [2.75, 3.05) is 19.9 Å². The Balaban J connectivity index is 1.38. The number of benzene rings is 1. The second kappa shape index (κ2) is 4.92. The minimum atomic E-state index is -0.0210. The van der Waals surface area contributed by atoms with Crippen molar-refractivity contribution in [3.8, 4) is 16.7 Å². The van der Waals surface area contributed by atoms with E-state index in [1.807, 2.05) is 5.38 Å². The van der Waals surface area contributed by atoms with Gasteiger partial charge in [0.05, 0.1) is 13.1 Å². The van der Waals surface area contributed by atoms with E-state index in [9.17, 15) is 4.79 Å². The van der Waals surface area contributed by atoms with E-state index in [0.717, 1.165) is 0 Å². The van der Waals surface area contributed by atoms with E-state index >= 15 is 0 Å². The van der Waals surface area contributed by atoms with Crippen LogP contribution in [-0.4, -0.2) is 41.8 Å². The molecule has 2 aromatic rings. The molecule has 1 aromatic carbocycles. The van der Waals surface area contributed by atoms with Gasteiger partial charge in [-0.3, -0.25) is 4.79 Å². The quantitative estimate of drug-likeness (QED) is 0.865. The van der Waals surface area contributed by atoms with Gasteiger partial charge in [0.25, 0.3) is 11.1 Å². The van der Waals surface area contributed by atoms with Crippen molar-refractivity contribution in [1.82, 2.24) is 9.88 Å². The molecule has 6 nitrogen and oxygen atoms in total. The minimum absolute atomic E-state index is 0.0210. The van der Waals surface area contributed by atoms with Gasteiger partial charge in [0.15, 0.2) is 11.5 Å². The monoisotopic (exact) mass is 304 g/mol. The number of hydrogen-bond donors (Lipinski definition) is 0. The summed E-state index contributed by atoms with van der Waals surface area (Å²) >= 11 is 1.45. The first-order chi connectivity index (χ1) is 10.3. The average Bonchev–Trinajstić information content (AvgIpc) is 3.11. The van der Waals surface area contributed by atoms with Crippen molar-refractivity contribution in [2.24, 2.45) is 0 Å². The van der Waals surface area contributed by atoms with Gasteiger partial charge in [-0.2, -0.15) is 0 Å². The Morgan fingerprint density at radius 3 is 3.00 bits per heavy atom. The Kier molecular flexibility index (Phi) is 2.92. The highest BCUT2D eigenvalue weighted by Crippen LogP contribution is 2.33. The standard InChI is InChI=1S/C14H12N2O4S/c17-13(9-1-2-11-12(5-9)19-8-18-11)16-6-10(7-16)20-14-15-3-4-21-14/h1-5,10H,6-8H2. The Morgan fingerprint density at radius 2 is 2.19 bits per heavy atom. The van der Waals surface area contributed by atoms with Crippen LogP contribution in [0.5, 0.6) is 16.7 Å². The Hall–Kier alpha value is -2.28. The molecule has 1 amide bonds. The second-order valence-corrected chi connectivity index (χ2v) is 5.67. The number of likely N-dealkylation sites (tertiary alicyclic amines) is 1. The number of thiazole rings is 1. The van der Waals surface area contributed by atoms with Crippen LogP contribution in [-0.2, 0) is 0 Å². The van der Waals surface area contributed by atoms with Crippen LogP contribution < -0.4 is 14.2 Å². The SMILES string of the molecule is O=C(c1ccc2c(c1)OCO2)N1CC(Oc2nccs2)C1. The van der Waals surface area contributed by atoms with Gasteiger partial charge < -0.3 is 19.1 Å². The van der Waals surface area contributed by atoms with Crippen LogP contribution in [0.1, 0.15) is 10.4 Å². The molecule has 108 valence electrons. The van der Waals surface area contributed by atoms with E-state index in [2.05, 4.69) is 4.98 Å². The van der Waals surface area contributed by atoms with Crippen molar-refractivity contribution in [3.63, 3.8) is 0 Å². The number of carbonyl (C=O) groups excluding carboxylic acids is 1. The summed E-state index contributed by atoms with van der Waals surface area (Å²) in [7, 11) is 0. The molecule has 0 saturated carbocycles. The molecule has 0 unspecified atom stereocenters. The lowest BCUT2D eigenvalue weighted by molar-refractivity contribution is 0.0177. The van der Waals surface area contributed by atoms with Crippen LogP contribution in [0.25, 0.3) is 0 Å². The lowest BCUT2D eigenvalue weighted by Crippen LogP contribution is -2.56. The van der Waals surface area contributed by atoms with Gasteiger partial charge in [-0.05, 0) is 18.2 Å². The molecular formula is C14H12N2O4S. The Morgan fingerprint density at radius 1 is 1.33 bits per heavy atom. The predicted molar refractivity (Wildman–Crippen MR) is 75.0 cm³/mol. The number of fused-ring (bicyclic) bond motifs is 1. The van der Waals surface area contributed by atoms with Crippen LogP contribution in [0, 0.1) is 0 Å². The molecule has 0 bridgehead atoms. The fraction of sp³-hybridized carbons (Fsp3) is 0.286. The zero-order valence-electron chi connectivity index (χ0n) is 11.0. The second-order valence-electron chi connectivity index (χ2n) is 4.82. The van der Waals surface area contributed by atoms with Crippen molar-refractivity contribution in [1.29, 1.82) is 0 Å². The molecule has 7 heteroatoms. The smallest absolute Gasteiger partial charge is 0.273 e. The highest BCUT2D eigenvalue weighted by Gasteiger charge is 2.33. The van der Waals surface area contributed by atoms with Crippen LogP contribution in [0.15, 0.2) is 29.8 Å². The van der Waals surface area contributed by atoms with E-state index in [0.29, 0.717) is 35.3 Å². The molecule has 2 aliphatic rings. The average molecular weight is 304 g/mol. The molecule has 2 aliphatic heterocycles. The third-order valence-electron chi connectivity index (χ3n) is 3.43. The fourth-order valence-electron chi connectivity index (χ4n) is 2.30. The predicted octanol–water partition coefficient (Wildman–Crippen LogP) is 1.78. The topological polar surface area (TPSA) is 60.9 Å². The summed E-state index contributed by atoms with van der Waals surface area (Å²) < 4.78 is 16.2. The van der Waals surface area contributed by atoms with Gasteiger partial charge in [-0.1, -0.05) is 11.3 Å². The highest BCUT2D eigenvalue weighted by atomic mass is 32.1. The van der Waals surface area contributed by atoms with E-state index in [4.69, 9.17) is 14.2 Å². The van der Waals surface area contributed by atoms with Crippen LogP contribution >= 0.6 is 11.3 Å². The number of aromatic nitrogens is 1. The molecule has 0 atom stereocenters. The maximum Gasteiger partial charge on any atom is 0.273 e. The van der Waals surface area contributed by atoms with Crippen molar-refractivity contribution >= 4 is 17.2 Å². The number of rotatable bonds is 3. The van der Waals surface area contributed by atoms with Gasteiger partial charge in [0.2, 0.25) is 6.79 Å². The maximum atomic E-state index is 12.3. The number of carbonyl (C=O) groups is 1.